The fraction of sp³-hybridized carbons (Fsp3) is 0.625. The van der Waals surface area contributed by atoms with E-state index in [2.05, 4.69) is 11.0 Å². The van der Waals surface area contributed by atoms with E-state index in [-0.39, 0.29) is 24.3 Å². The molecule has 0 radical (unpaired) electrons. The van der Waals surface area contributed by atoms with Gasteiger partial charge in [0.15, 0.2) is 0 Å². The van der Waals surface area contributed by atoms with Crippen LogP contribution >= 0.6 is 0 Å². The van der Waals surface area contributed by atoms with E-state index in [0.717, 1.165) is 37.1 Å². The molecule has 7 heteroatoms. The Bertz CT molecular complexity index is 819. The second-order valence-corrected chi connectivity index (χ2v) is 9.15. The number of fused-ring (bicyclic) bond motifs is 1. The normalized spacial score (nSPS) is 23.4. The zero-order valence-electron chi connectivity index (χ0n) is 18.6. The van der Waals surface area contributed by atoms with Crippen molar-refractivity contribution >= 4 is 17.7 Å². The van der Waals surface area contributed by atoms with E-state index in [1.54, 1.807) is 9.80 Å². The molecule has 3 fully saturated rings. The summed E-state index contributed by atoms with van der Waals surface area (Å²) in [6.07, 6.45) is 5.31. The number of piperazine rings is 1. The molecule has 31 heavy (non-hydrogen) atoms. The summed E-state index contributed by atoms with van der Waals surface area (Å²) >= 11 is 0. The number of amides is 3. The molecule has 3 aliphatic rings. The van der Waals surface area contributed by atoms with Crippen LogP contribution in [-0.2, 0) is 20.9 Å². The Morgan fingerprint density at radius 2 is 1.77 bits per heavy atom. The fourth-order valence-corrected chi connectivity index (χ4v) is 5.03. The van der Waals surface area contributed by atoms with Gasteiger partial charge in [0.2, 0.25) is 17.7 Å². The number of carbonyl (C=O) groups is 3. The first-order valence-electron chi connectivity index (χ1n) is 11.7. The summed E-state index contributed by atoms with van der Waals surface area (Å²) in [6, 6.07) is 7.60. The Morgan fingerprint density at radius 1 is 1.00 bits per heavy atom. The van der Waals surface area contributed by atoms with Gasteiger partial charge in [-0.15, -0.1) is 0 Å². The van der Waals surface area contributed by atoms with Crippen LogP contribution in [-0.4, -0.2) is 89.2 Å². The molecule has 0 saturated carbocycles. The Labute approximate surface area is 185 Å². The van der Waals surface area contributed by atoms with Crippen LogP contribution in [0.15, 0.2) is 24.3 Å². The number of carbonyl (C=O) groups excluding carboxylic acids is 3. The highest BCUT2D eigenvalue weighted by atomic mass is 16.2. The third-order valence-electron chi connectivity index (χ3n) is 6.77. The van der Waals surface area contributed by atoms with Gasteiger partial charge >= 0.3 is 0 Å². The third-order valence-corrected chi connectivity index (χ3v) is 6.77. The summed E-state index contributed by atoms with van der Waals surface area (Å²) in [5.41, 5.74) is 2.18. The minimum absolute atomic E-state index is 0.00271. The minimum atomic E-state index is -0.456. The Morgan fingerprint density at radius 3 is 2.52 bits per heavy atom. The molecule has 1 unspecified atom stereocenters. The maximum atomic E-state index is 13.2. The molecule has 3 amide bonds. The van der Waals surface area contributed by atoms with E-state index in [9.17, 15) is 14.4 Å². The molecule has 0 spiro atoms. The van der Waals surface area contributed by atoms with Gasteiger partial charge in [-0.05, 0) is 44.8 Å². The second kappa shape index (κ2) is 9.81. The summed E-state index contributed by atoms with van der Waals surface area (Å²) in [5, 5.41) is 0. The first-order chi connectivity index (χ1) is 15.0. The molecule has 3 heterocycles. The molecule has 4 rings (SSSR count). The van der Waals surface area contributed by atoms with Crippen LogP contribution < -0.4 is 0 Å². The quantitative estimate of drug-likeness (QED) is 0.734. The summed E-state index contributed by atoms with van der Waals surface area (Å²) in [4.78, 5) is 46.5. The van der Waals surface area contributed by atoms with Crippen molar-refractivity contribution in [3.05, 3.63) is 35.4 Å². The van der Waals surface area contributed by atoms with Crippen LogP contribution in [0.5, 0.6) is 0 Å². The Balaban J connectivity index is 1.38. The third kappa shape index (κ3) is 5.26. The highest BCUT2D eigenvalue weighted by Crippen LogP contribution is 2.21. The van der Waals surface area contributed by atoms with Gasteiger partial charge in [0, 0.05) is 26.2 Å². The van der Waals surface area contributed by atoms with Crippen LogP contribution in [0.3, 0.4) is 0 Å². The molecule has 1 aromatic rings. The van der Waals surface area contributed by atoms with Crippen molar-refractivity contribution in [3.63, 3.8) is 0 Å². The summed E-state index contributed by atoms with van der Waals surface area (Å²) in [7, 11) is 0. The predicted molar refractivity (Wildman–Crippen MR) is 118 cm³/mol. The molecule has 3 saturated heterocycles. The topological polar surface area (TPSA) is 64.2 Å². The average molecular weight is 427 g/mol. The van der Waals surface area contributed by atoms with Gasteiger partial charge in [-0.2, -0.15) is 0 Å². The van der Waals surface area contributed by atoms with Crippen LogP contribution in [0, 0.1) is 6.92 Å². The lowest BCUT2D eigenvalue weighted by atomic mass is 10.1. The lowest BCUT2D eigenvalue weighted by Gasteiger charge is -2.39. The molecular weight excluding hydrogens is 392 g/mol. The van der Waals surface area contributed by atoms with E-state index in [1.165, 1.54) is 12.8 Å². The highest BCUT2D eigenvalue weighted by molar-refractivity contribution is 5.95. The highest BCUT2D eigenvalue weighted by Gasteiger charge is 2.41. The van der Waals surface area contributed by atoms with Crippen LogP contribution in [0.1, 0.15) is 43.2 Å². The monoisotopic (exact) mass is 426 g/mol. The molecule has 0 bridgehead atoms. The molecule has 168 valence electrons. The van der Waals surface area contributed by atoms with Crippen molar-refractivity contribution in [1.29, 1.82) is 0 Å². The van der Waals surface area contributed by atoms with Gasteiger partial charge in [-0.1, -0.05) is 42.7 Å². The first-order valence-corrected chi connectivity index (χ1v) is 11.7. The number of nitrogens with zero attached hydrogens (tertiary/aromatic N) is 4. The zero-order chi connectivity index (χ0) is 21.8. The molecular formula is C24H34N4O3. The van der Waals surface area contributed by atoms with E-state index >= 15 is 0 Å². The maximum Gasteiger partial charge on any atom is 0.246 e. The number of hydrogen-bond donors (Lipinski definition) is 0. The maximum absolute atomic E-state index is 13.2. The lowest BCUT2D eigenvalue weighted by molar-refractivity contribution is -0.156. The predicted octanol–water partition coefficient (Wildman–Crippen LogP) is 1.64. The number of aryl methyl sites for hydroxylation is 1. The zero-order valence-corrected chi connectivity index (χ0v) is 18.6. The Kier molecular flexibility index (Phi) is 6.90. The van der Waals surface area contributed by atoms with Crippen molar-refractivity contribution in [1.82, 2.24) is 19.6 Å². The van der Waals surface area contributed by atoms with Gasteiger partial charge < -0.3 is 14.7 Å². The van der Waals surface area contributed by atoms with Crippen molar-refractivity contribution in [2.24, 2.45) is 0 Å². The summed E-state index contributed by atoms with van der Waals surface area (Å²) < 4.78 is 0. The van der Waals surface area contributed by atoms with Crippen LogP contribution in [0.2, 0.25) is 0 Å². The van der Waals surface area contributed by atoms with Gasteiger partial charge in [0.25, 0.3) is 0 Å². The number of hydrogen-bond acceptors (Lipinski definition) is 4. The molecule has 0 aliphatic carbocycles. The summed E-state index contributed by atoms with van der Waals surface area (Å²) in [6.45, 7) is 6.51. The molecule has 1 aromatic carbocycles. The molecule has 7 nitrogen and oxygen atoms in total. The number of benzene rings is 1. The van der Waals surface area contributed by atoms with E-state index in [1.807, 2.05) is 30.0 Å². The van der Waals surface area contributed by atoms with Crippen molar-refractivity contribution in [3.8, 4) is 0 Å². The summed E-state index contributed by atoms with van der Waals surface area (Å²) in [5.74, 6) is 0.111. The van der Waals surface area contributed by atoms with Crippen LogP contribution in [0.25, 0.3) is 0 Å². The average Bonchev–Trinajstić information content (AvgIpc) is 3.13. The fourth-order valence-electron chi connectivity index (χ4n) is 5.03. The SMILES string of the molecule is Cc1cccc(CN2CC(=O)N3CCN(C(=O)CN4CCCCCC4)CCC3C2=O)c1. The number of likely N-dealkylation sites (tertiary alicyclic amines) is 1. The first kappa shape index (κ1) is 21.8. The van der Waals surface area contributed by atoms with Gasteiger partial charge in [-0.3, -0.25) is 19.3 Å². The van der Waals surface area contributed by atoms with Gasteiger partial charge in [0.1, 0.15) is 12.6 Å². The smallest absolute Gasteiger partial charge is 0.246 e. The minimum Gasteiger partial charge on any atom is -0.340 e. The van der Waals surface area contributed by atoms with E-state index < -0.39 is 6.04 Å². The molecule has 0 aromatic heterocycles. The van der Waals surface area contributed by atoms with Crippen molar-refractivity contribution < 1.29 is 14.4 Å². The number of rotatable bonds is 4. The second-order valence-electron chi connectivity index (χ2n) is 9.15. The molecule has 1 atom stereocenters. The lowest BCUT2D eigenvalue weighted by Crippen LogP contribution is -2.59. The van der Waals surface area contributed by atoms with E-state index in [0.29, 0.717) is 39.1 Å². The largest absolute Gasteiger partial charge is 0.340 e. The molecule has 0 N–H and O–H groups in total. The van der Waals surface area contributed by atoms with Gasteiger partial charge in [0.05, 0.1) is 6.54 Å². The van der Waals surface area contributed by atoms with E-state index in [4.69, 9.17) is 0 Å². The van der Waals surface area contributed by atoms with Crippen molar-refractivity contribution in [2.75, 3.05) is 45.8 Å². The van der Waals surface area contributed by atoms with Crippen molar-refractivity contribution in [2.45, 2.75) is 51.6 Å². The van der Waals surface area contributed by atoms with Crippen LogP contribution in [0.4, 0.5) is 0 Å². The standard InChI is InChI=1S/C24H34N4O3/c1-19-7-6-8-20(15-19)16-27-18-23(30)28-14-13-26(12-9-21(28)24(27)31)22(29)17-25-10-4-2-3-5-11-25/h6-8,15,21H,2-5,9-14,16-18H2,1H3. The van der Waals surface area contributed by atoms with Gasteiger partial charge in [-0.25, -0.2) is 0 Å². The Hall–Kier alpha value is -2.41. The molecule has 3 aliphatic heterocycles.